The summed E-state index contributed by atoms with van der Waals surface area (Å²) >= 11 is 0. The number of unbranched alkanes of at least 4 members (excludes halogenated alkanes) is 3. The predicted octanol–water partition coefficient (Wildman–Crippen LogP) is 2.88. The summed E-state index contributed by atoms with van der Waals surface area (Å²) in [6, 6.07) is 10.2. The summed E-state index contributed by atoms with van der Waals surface area (Å²) in [5.41, 5.74) is 1.21. The van der Waals surface area contributed by atoms with Crippen molar-refractivity contribution in [1.82, 2.24) is 0 Å². The highest BCUT2D eigenvalue weighted by molar-refractivity contribution is 5.67. The van der Waals surface area contributed by atoms with Crippen LogP contribution in [-0.4, -0.2) is 44.1 Å². The third-order valence-electron chi connectivity index (χ3n) is 3.04. The molecule has 0 heterocycles. The second-order valence-corrected chi connectivity index (χ2v) is 5.01. The maximum absolute atomic E-state index is 10.2. The van der Waals surface area contributed by atoms with Gasteiger partial charge >= 0.3 is 5.97 Å². The monoisotopic (exact) mass is 310 g/mol. The molecule has 0 atom stereocenters. The minimum Gasteiger partial charge on any atom is -0.480 e. The number of aliphatic carboxylic acids is 1. The molecule has 0 saturated carbocycles. The molecule has 0 radical (unpaired) electrons. The van der Waals surface area contributed by atoms with Gasteiger partial charge in [0.2, 0.25) is 0 Å². The van der Waals surface area contributed by atoms with Crippen molar-refractivity contribution in [1.29, 1.82) is 0 Å². The van der Waals surface area contributed by atoms with Gasteiger partial charge in [-0.1, -0.05) is 43.2 Å². The normalized spacial score (nSPS) is 10.7. The number of carboxylic acids is 1. The molecule has 22 heavy (non-hydrogen) atoms. The van der Waals surface area contributed by atoms with Crippen molar-refractivity contribution in [3.63, 3.8) is 0 Å². The SMILES string of the molecule is O=C(O)COCCOCCCCCCOCc1ccccc1. The summed E-state index contributed by atoms with van der Waals surface area (Å²) in [5, 5.41) is 8.36. The minimum atomic E-state index is -0.950. The van der Waals surface area contributed by atoms with Gasteiger partial charge in [-0.2, -0.15) is 0 Å². The summed E-state index contributed by atoms with van der Waals surface area (Å²) < 4.78 is 15.8. The first-order chi connectivity index (χ1) is 10.8. The van der Waals surface area contributed by atoms with E-state index in [1.807, 2.05) is 18.2 Å². The summed E-state index contributed by atoms with van der Waals surface area (Å²) in [5.74, 6) is -0.950. The summed E-state index contributed by atoms with van der Waals surface area (Å²) in [6.45, 7) is 2.69. The molecule has 0 saturated heterocycles. The molecule has 0 amide bonds. The second kappa shape index (κ2) is 13.2. The van der Waals surface area contributed by atoms with Gasteiger partial charge in [0.05, 0.1) is 19.8 Å². The van der Waals surface area contributed by atoms with Crippen LogP contribution in [0.4, 0.5) is 0 Å². The molecular formula is C17H26O5. The Balaban J connectivity index is 1.76. The molecule has 0 bridgehead atoms. The molecule has 1 aromatic rings. The van der Waals surface area contributed by atoms with Gasteiger partial charge in [0.15, 0.2) is 0 Å². The Morgan fingerprint density at radius 3 is 2.14 bits per heavy atom. The molecule has 1 N–H and O–H groups in total. The van der Waals surface area contributed by atoms with E-state index in [4.69, 9.17) is 19.3 Å². The molecule has 0 unspecified atom stereocenters. The first kappa shape index (κ1) is 18.6. The van der Waals surface area contributed by atoms with E-state index in [1.54, 1.807) is 0 Å². The first-order valence-electron chi connectivity index (χ1n) is 7.78. The zero-order valence-corrected chi connectivity index (χ0v) is 13.0. The van der Waals surface area contributed by atoms with Gasteiger partial charge in [0.25, 0.3) is 0 Å². The van der Waals surface area contributed by atoms with E-state index in [0.717, 1.165) is 32.3 Å². The molecule has 124 valence electrons. The second-order valence-electron chi connectivity index (χ2n) is 5.01. The van der Waals surface area contributed by atoms with E-state index in [1.165, 1.54) is 5.56 Å². The molecule has 0 aliphatic rings. The van der Waals surface area contributed by atoms with E-state index in [-0.39, 0.29) is 6.61 Å². The Labute approximate surface area is 132 Å². The fourth-order valence-corrected chi connectivity index (χ4v) is 1.91. The highest BCUT2D eigenvalue weighted by Gasteiger charge is 1.96. The van der Waals surface area contributed by atoms with E-state index in [0.29, 0.717) is 26.4 Å². The lowest BCUT2D eigenvalue weighted by molar-refractivity contribution is -0.142. The molecule has 5 heteroatoms. The van der Waals surface area contributed by atoms with Crippen molar-refractivity contribution < 1.29 is 24.1 Å². The van der Waals surface area contributed by atoms with Crippen molar-refractivity contribution in [2.24, 2.45) is 0 Å². The number of carboxylic acid groups (broad SMARTS) is 1. The Bertz CT molecular complexity index is 380. The van der Waals surface area contributed by atoms with Crippen molar-refractivity contribution in [2.75, 3.05) is 33.0 Å². The fourth-order valence-electron chi connectivity index (χ4n) is 1.91. The number of benzene rings is 1. The number of hydrogen-bond acceptors (Lipinski definition) is 4. The fraction of sp³-hybridized carbons (Fsp3) is 0.588. The third kappa shape index (κ3) is 11.3. The Hall–Kier alpha value is -1.43. The highest BCUT2D eigenvalue weighted by atomic mass is 16.5. The standard InChI is InChI=1S/C17H26O5/c18-17(19)15-22-13-12-20-10-6-1-2-7-11-21-14-16-8-4-3-5-9-16/h3-5,8-9H,1-2,6-7,10-15H2,(H,18,19). The van der Waals surface area contributed by atoms with Gasteiger partial charge in [0.1, 0.15) is 6.61 Å². The van der Waals surface area contributed by atoms with Crippen molar-refractivity contribution in [2.45, 2.75) is 32.3 Å². The van der Waals surface area contributed by atoms with Crippen molar-refractivity contribution in [3.05, 3.63) is 35.9 Å². The van der Waals surface area contributed by atoms with Crippen LogP contribution in [0, 0.1) is 0 Å². The predicted molar refractivity (Wildman–Crippen MR) is 83.8 cm³/mol. The van der Waals surface area contributed by atoms with E-state index >= 15 is 0 Å². The van der Waals surface area contributed by atoms with E-state index < -0.39 is 5.97 Å². The summed E-state index contributed by atoms with van der Waals surface area (Å²) in [7, 11) is 0. The van der Waals surface area contributed by atoms with Crippen LogP contribution in [0.15, 0.2) is 30.3 Å². The summed E-state index contributed by atoms with van der Waals surface area (Å²) in [6.07, 6.45) is 4.32. The van der Waals surface area contributed by atoms with Gasteiger partial charge in [-0.3, -0.25) is 0 Å². The lowest BCUT2D eigenvalue weighted by Gasteiger charge is -2.05. The molecule has 1 rings (SSSR count). The molecular weight excluding hydrogens is 284 g/mol. The smallest absolute Gasteiger partial charge is 0.329 e. The van der Waals surface area contributed by atoms with Gasteiger partial charge in [-0.25, -0.2) is 4.79 Å². The van der Waals surface area contributed by atoms with Crippen LogP contribution in [0.5, 0.6) is 0 Å². The molecule has 0 aromatic heterocycles. The van der Waals surface area contributed by atoms with Crippen LogP contribution >= 0.6 is 0 Å². The van der Waals surface area contributed by atoms with Gasteiger partial charge < -0.3 is 19.3 Å². The third-order valence-corrected chi connectivity index (χ3v) is 3.04. The Morgan fingerprint density at radius 2 is 1.45 bits per heavy atom. The lowest BCUT2D eigenvalue weighted by Crippen LogP contribution is -2.11. The van der Waals surface area contributed by atoms with Gasteiger partial charge in [-0.05, 0) is 18.4 Å². The van der Waals surface area contributed by atoms with Crippen LogP contribution in [0.2, 0.25) is 0 Å². The maximum atomic E-state index is 10.2. The van der Waals surface area contributed by atoms with Crippen LogP contribution in [0.1, 0.15) is 31.2 Å². The average Bonchev–Trinajstić information content (AvgIpc) is 2.52. The molecule has 0 fully saturated rings. The zero-order chi connectivity index (χ0) is 15.9. The Morgan fingerprint density at radius 1 is 0.818 bits per heavy atom. The van der Waals surface area contributed by atoms with E-state index in [2.05, 4.69) is 12.1 Å². The molecule has 0 aliphatic heterocycles. The Kier molecular flexibility index (Phi) is 11.2. The zero-order valence-electron chi connectivity index (χ0n) is 13.0. The number of ether oxygens (including phenoxy) is 3. The number of rotatable bonds is 14. The van der Waals surface area contributed by atoms with Gasteiger partial charge in [-0.15, -0.1) is 0 Å². The number of carbonyl (C=O) groups is 1. The molecule has 0 aliphatic carbocycles. The van der Waals surface area contributed by atoms with E-state index in [9.17, 15) is 4.79 Å². The maximum Gasteiger partial charge on any atom is 0.329 e. The molecule has 5 nitrogen and oxygen atoms in total. The first-order valence-corrected chi connectivity index (χ1v) is 7.78. The highest BCUT2D eigenvalue weighted by Crippen LogP contribution is 2.04. The number of hydrogen-bond donors (Lipinski definition) is 1. The van der Waals surface area contributed by atoms with Gasteiger partial charge in [0, 0.05) is 13.2 Å². The molecule has 1 aromatic carbocycles. The van der Waals surface area contributed by atoms with Crippen LogP contribution < -0.4 is 0 Å². The topological polar surface area (TPSA) is 65.0 Å². The minimum absolute atomic E-state index is 0.258. The lowest BCUT2D eigenvalue weighted by atomic mass is 10.2. The van der Waals surface area contributed by atoms with Crippen molar-refractivity contribution in [3.8, 4) is 0 Å². The average molecular weight is 310 g/mol. The summed E-state index contributed by atoms with van der Waals surface area (Å²) in [4.78, 5) is 10.2. The largest absolute Gasteiger partial charge is 0.480 e. The van der Waals surface area contributed by atoms with Crippen LogP contribution in [0.25, 0.3) is 0 Å². The van der Waals surface area contributed by atoms with Crippen LogP contribution in [-0.2, 0) is 25.6 Å². The molecule has 0 spiro atoms. The van der Waals surface area contributed by atoms with Crippen molar-refractivity contribution >= 4 is 5.97 Å². The quantitative estimate of drug-likeness (QED) is 0.535. The van der Waals surface area contributed by atoms with Crippen LogP contribution in [0.3, 0.4) is 0 Å².